The molecule has 0 aliphatic heterocycles. The second-order valence-corrected chi connectivity index (χ2v) is 4.99. The Hall–Kier alpha value is -2.43. The van der Waals surface area contributed by atoms with Gasteiger partial charge in [-0.05, 0) is 31.7 Å². The fraction of sp³-hybridized carbons (Fsp3) is 0.312. The molecule has 2 aromatic rings. The van der Waals surface area contributed by atoms with Crippen LogP contribution in [-0.4, -0.2) is 22.8 Å². The maximum atomic E-state index is 12.1. The lowest BCUT2D eigenvalue weighted by atomic mass is 10.00. The molecule has 0 bridgehead atoms. The Morgan fingerprint density at radius 3 is 2.95 bits per heavy atom. The number of esters is 1. The van der Waals surface area contributed by atoms with Crippen LogP contribution in [0.15, 0.2) is 29.1 Å². The van der Waals surface area contributed by atoms with Gasteiger partial charge in [0.15, 0.2) is 0 Å². The van der Waals surface area contributed by atoms with E-state index in [-0.39, 0.29) is 12.2 Å². The molecule has 1 aromatic carbocycles. The van der Waals surface area contributed by atoms with Crippen LogP contribution in [0.2, 0.25) is 0 Å². The summed E-state index contributed by atoms with van der Waals surface area (Å²) in [5.74, 6) is -0.572. The van der Waals surface area contributed by atoms with Crippen LogP contribution in [0.25, 0.3) is 11.3 Å². The molecule has 0 unspecified atom stereocenters. The third-order valence-electron chi connectivity index (χ3n) is 3.71. The Kier molecular flexibility index (Phi) is 3.56. The summed E-state index contributed by atoms with van der Waals surface area (Å²) in [4.78, 5) is 24.1. The summed E-state index contributed by atoms with van der Waals surface area (Å²) in [5.41, 5.74) is 3.16. The number of hydrogen-bond donors (Lipinski definition) is 1. The van der Waals surface area contributed by atoms with Gasteiger partial charge in [-0.25, -0.2) is 9.89 Å². The molecule has 108 valence electrons. The van der Waals surface area contributed by atoms with Gasteiger partial charge in [-0.2, -0.15) is 5.10 Å². The summed E-state index contributed by atoms with van der Waals surface area (Å²) < 4.78 is 5.02. The normalized spacial score (nSPS) is 13.0. The summed E-state index contributed by atoms with van der Waals surface area (Å²) in [7, 11) is 0. The molecule has 1 N–H and O–H groups in total. The topological polar surface area (TPSA) is 72.0 Å². The van der Waals surface area contributed by atoms with E-state index in [1.54, 1.807) is 6.92 Å². The van der Waals surface area contributed by atoms with E-state index in [9.17, 15) is 9.59 Å². The van der Waals surface area contributed by atoms with E-state index in [4.69, 9.17) is 4.74 Å². The average Bonchev–Trinajstić information content (AvgIpc) is 2.66. The molecular weight excluding hydrogens is 268 g/mol. The van der Waals surface area contributed by atoms with Gasteiger partial charge in [0.25, 0.3) is 5.56 Å². The first-order valence-corrected chi connectivity index (χ1v) is 7.09. The van der Waals surface area contributed by atoms with Crippen LogP contribution in [0.5, 0.6) is 0 Å². The standard InChI is InChI=1S/C16H16N2O3/c1-2-21-16(20)13-12-9-5-7-10-6-3-4-8-11(10)14(12)17-18-15(13)19/h3-4,6,8H,2,5,7,9H2,1H3,(H,18,19). The number of fused-ring (bicyclic) bond motifs is 3. The highest BCUT2D eigenvalue weighted by molar-refractivity contribution is 5.92. The van der Waals surface area contributed by atoms with Crippen LogP contribution in [0.4, 0.5) is 0 Å². The monoisotopic (exact) mass is 284 g/mol. The van der Waals surface area contributed by atoms with Crippen LogP contribution in [0, 0.1) is 0 Å². The van der Waals surface area contributed by atoms with E-state index in [1.165, 1.54) is 5.56 Å². The second kappa shape index (κ2) is 5.52. The minimum atomic E-state index is -0.572. The van der Waals surface area contributed by atoms with Crippen molar-refractivity contribution in [3.63, 3.8) is 0 Å². The lowest BCUT2D eigenvalue weighted by Gasteiger charge is -2.10. The number of ether oxygens (including phenoxy) is 1. The molecule has 0 atom stereocenters. The van der Waals surface area contributed by atoms with Crippen LogP contribution < -0.4 is 5.56 Å². The quantitative estimate of drug-likeness (QED) is 0.857. The minimum absolute atomic E-state index is 0.0959. The van der Waals surface area contributed by atoms with Crippen LogP contribution in [-0.2, 0) is 17.6 Å². The highest BCUT2D eigenvalue weighted by Crippen LogP contribution is 2.31. The van der Waals surface area contributed by atoms with Crippen molar-refractivity contribution in [1.82, 2.24) is 10.2 Å². The van der Waals surface area contributed by atoms with Crippen molar-refractivity contribution in [3.8, 4) is 11.3 Å². The zero-order chi connectivity index (χ0) is 14.8. The molecule has 21 heavy (non-hydrogen) atoms. The van der Waals surface area contributed by atoms with Crippen molar-refractivity contribution in [3.05, 3.63) is 51.3 Å². The molecule has 5 nitrogen and oxygen atoms in total. The largest absolute Gasteiger partial charge is 0.462 e. The Balaban J connectivity index is 2.24. The number of hydrogen-bond acceptors (Lipinski definition) is 4. The van der Waals surface area contributed by atoms with E-state index in [0.29, 0.717) is 17.7 Å². The Bertz CT molecular complexity index is 749. The first-order chi connectivity index (χ1) is 10.2. The molecular formula is C16H16N2O3. The highest BCUT2D eigenvalue weighted by atomic mass is 16.5. The van der Waals surface area contributed by atoms with Gasteiger partial charge in [-0.15, -0.1) is 0 Å². The number of nitrogens with one attached hydrogen (secondary N) is 1. The van der Waals surface area contributed by atoms with Gasteiger partial charge >= 0.3 is 5.97 Å². The third-order valence-corrected chi connectivity index (χ3v) is 3.71. The smallest absolute Gasteiger partial charge is 0.344 e. The number of aromatic nitrogens is 2. The number of carbonyl (C=O) groups is 1. The van der Waals surface area contributed by atoms with Gasteiger partial charge in [0, 0.05) is 11.1 Å². The lowest BCUT2D eigenvalue weighted by Crippen LogP contribution is -2.24. The van der Waals surface area contributed by atoms with Crippen LogP contribution in [0.1, 0.15) is 34.8 Å². The van der Waals surface area contributed by atoms with Crippen molar-refractivity contribution < 1.29 is 9.53 Å². The number of nitrogens with zero attached hydrogens (tertiary/aromatic N) is 1. The summed E-state index contributed by atoms with van der Waals surface area (Å²) in [6, 6.07) is 7.95. The molecule has 1 heterocycles. The van der Waals surface area contributed by atoms with Crippen molar-refractivity contribution in [1.29, 1.82) is 0 Å². The van der Waals surface area contributed by atoms with E-state index >= 15 is 0 Å². The SMILES string of the molecule is CCOC(=O)c1c2c(n[nH]c1=O)-c1ccccc1CCC2. The van der Waals surface area contributed by atoms with Gasteiger partial charge < -0.3 is 4.74 Å². The molecule has 1 aliphatic rings. The number of carbonyl (C=O) groups excluding carboxylic acids is 1. The molecule has 0 saturated heterocycles. The Morgan fingerprint density at radius 1 is 1.33 bits per heavy atom. The van der Waals surface area contributed by atoms with Gasteiger partial charge in [0.05, 0.1) is 12.3 Å². The molecule has 1 aliphatic carbocycles. The second-order valence-electron chi connectivity index (χ2n) is 4.99. The first-order valence-electron chi connectivity index (χ1n) is 7.09. The van der Waals surface area contributed by atoms with Crippen LogP contribution in [0.3, 0.4) is 0 Å². The fourth-order valence-electron chi connectivity index (χ4n) is 2.80. The maximum Gasteiger partial charge on any atom is 0.344 e. The van der Waals surface area contributed by atoms with Crippen molar-refractivity contribution in [2.75, 3.05) is 6.61 Å². The summed E-state index contributed by atoms with van der Waals surface area (Å²) in [5, 5.41) is 6.61. The van der Waals surface area contributed by atoms with Crippen molar-refractivity contribution in [2.45, 2.75) is 26.2 Å². The van der Waals surface area contributed by atoms with Gasteiger partial charge in [-0.1, -0.05) is 24.3 Å². The predicted octanol–water partition coefficient (Wildman–Crippen LogP) is 2.10. The molecule has 3 rings (SSSR count). The Morgan fingerprint density at radius 2 is 2.14 bits per heavy atom. The van der Waals surface area contributed by atoms with E-state index in [1.807, 2.05) is 18.2 Å². The van der Waals surface area contributed by atoms with E-state index in [2.05, 4.69) is 16.3 Å². The maximum absolute atomic E-state index is 12.1. The number of benzene rings is 1. The lowest BCUT2D eigenvalue weighted by molar-refractivity contribution is 0.0522. The van der Waals surface area contributed by atoms with Crippen LogP contribution >= 0.6 is 0 Å². The van der Waals surface area contributed by atoms with Crippen molar-refractivity contribution >= 4 is 5.97 Å². The third kappa shape index (κ3) is 2.35. The summed E-state index contributed by atoms with van der Waals surface area (Å²) >= 11 is 0. The van der Waals surface area contributed by atoms with Gasteiger partial charge in [-0.3, -0.25) is 4.79 Å². The molecule has 1 aromatic heterocycles. The molecule has 0 radical (unpaired) electrons. The highest BCUT2D eigenvalue weighted by Gasteiger charge is 2.25. The minimum Gasteiger partial charge on any atom is -0.462 e. The fourth-order valence-corrected chi connectivity index (χ4v) is 2.80. The zero-order valence-electron chi connectivity index (χ0n) is 11.8. The van der Waals surface area contributed by atoms with E-state index in [0.717, 1.165) is 18.4 Å². The molecule has 0 amide bonds. The average molecular weight is 284 g/mol. The molecule has 0 fully saturated rings. The number of aromatic amines is 1. The van der Waals surface area contributed by atoms with Gasteiger partial charge in [0.1, 0.15) is 5.56 Å². The Labute approximate surface area is 122 Å². The van der Waals surface area contributed by atoms with Crippen molar-refractivity contribution in [2.24, 2.45) is 0 Å². The van der Waals surface area contributed by atoms with Gasteiger partial charge in [0.2, 0.25) is 0 Å². The number of H-pyrrole nitrogens is 1. The molecule has 0 saturated carbocycles. The zero-order valence-corrected chi connectivity index (χ0v) is 11.8. The number of rotatable bonds is 2. The molecule has 0 spiro atoms. The first kappa shape index (κ1) is 13.5. The predicted molar refractivity (Wildman–Crippen MR) is 78.3 cm³/mol. The number of aryl methyl sites for hydroxylation is 1. The van der Waals surface area contributed by atoms with E-state index < -0.39 is 11.5 Å². The summed E-state index contributed by atoms with van der Waals surface area (Å²) in [6.07, 6.45) is 2.43. The molecule has 5 heteroatoms. The summed E-state index contributed by atoms with van der Waals surface area (Å²) in [6.45, 7) is 1.97.